The van der Waals surface area contributed by atoms with E-state index in [0.717, 1.165) is 23.3 Å². The molecule has 1 aromatic carbocycles. The van der Waals surface area contributed by atoms with E-state index < -0.39 is 0 Å². The molecule has 0 bridgehead atoms. The van der Waals surface area contributed by atoms with E-state index in [1.54, 1.807) is 6.07 Å². The highest BCUT2D eigenvalue weighted by atomic mass is 19.1. The van der Waals surface area contributed by atoms with Gasteiger partial charge < -0.3 is 0 Å². The molecule has 0 N–H and O–H groups in total. The molecule has 0 radical (unpaired) electrons. The highest BCUT2D eigenvalue weighted by molar-refractivity contribution is 5.41. The Morgan fingerprint density at radius 1 is 0.962 bits per heavy atom. The number of nitriles is 1. The van der Waals surface area contributed by atoms with Crippen LogP contribution in [0.1, 0.15) is 101 Å². The largest absolute Gasteiger partial charge is 0.205 e. The predicted octanol–water partition coefficient (Wildman–Crippen LogP) is 7.14. The van der Waals surface area contributed by atoms with Gasteiger partial charge in [0.25, 0.3) is 0 Å². The summed E-state index contributed by atoms with van der Waals surface area (Å²) < 4.78 is 14.5. The molecular formula is C24H34FN. The zero-order valence-electron chi connectivity index (χ0n) is 16.6. The third-order valence-corrected chi connectivity index (χ3v) is 7.22. The monoisotopic (exact) mass is 355 g/mol. The SMILES string of the molecule is CCCC1CCC(C2CCC(c3ccc(C#N)c(F)c3CC)CC2)CC1. The lowest BCUT2D eigenvalue weighted by atomic mass is 9.67. The van der Waals surface area contributed by atoms with Gasteiger partial charge >= 0.3 is 0 Å². The fourth-order valence-electron chi connectivity index (χ4n) is 5.72. The standard InChI is InChI=1S/C24H34FN/c1-3-5-17-6-8-18(9-7-17)19-10-12-20(13-11-19)23-15-14-21(16-26)24(25)22(23)4-2/h14-15,17-20H,3-13H2,1-2H3. The second kappa shape index (κ2) is 9.03. The highest BCUT2D eigenvalue weighted by Gasteiger charge is 2.32. The van der Waals surface area contributed by atoms with E-state index >= 15 is 0 Å². The zero-order valence-corrected chi connectivity index (χ0v) is 16.6. The summed E-state index contributed by atoms with van der Waals surface area (Å²) in [5.74, 6) is 3.03. The number of hydrogen-bond donors (Lipinski definition) is 0. The van der Waals surface area contributed by atoms with Crippen molar-refractivity contribution in [1.29, 1.82) is 5.26 Å². The van der Waals surface area contributed by atoms with Crippen molar-refractivity contribution in [2.24, 2.45) is 17.8 Å². The summed E-state index contributed by atoms with van der Waals surface area (Å²) in [5, 5.41) is 9.08. The molecule has 0 heterocycles. The average molecular weight is 356 g/mol. The summed E-state index contributed by atoms with van der Waals surface area (Å²) in [5.41, 5.74) is 2.16. The van der Waals surface area contributed by atoms with Crippen LogP contribution < -0.4 is 0 Å². The Morgan fingerprint density at radius 2 is 1.58 bits per heavy atom. The van der Waals surface area contributed by atoms with Gasteiger partial charge in [-0.05, 0) is 85.8 Å². The first kappa shape index (κ1) is 19.4. The van der Waals surface area contributed by atoms with Gasteiger partial charge in [0.15, 0.2) is 0 Å². The van der Waals surface area contributed by atoms with Crippen molar-refractivity contribution in [1.82, 2.24) is 0 Å². The number of rotatable bonds is 5. The van der Waals surface area contributed by atoms with Gasteiger partial charge in [-0.1, -0.05) is 45.6 Å². The van der Waals surface area contributed by atoms with Crippen LogP contribution in [0.4, 0.5) is 4.39 Å². The maximum Gasteiger partial charge on any atom is 0.144 e. The summed E-state index contributed by atoms with van der Waals surface area (Å²) in [6.07, 6.45) is 14.2. The second-order valence-electron chi connectivity index (χ2n) is 8.64. The van der Waals surface area contributed by atoms with Crippen LogP contribution in [0.25, 0.3) is 0 Å². The molecule has 0 unspecified atom stereocenters. The van der Waals surface area contributed by atoms with E-state index in [1.807, 2.05) is 19.1 Å². The van der Waals surface area contributed by atoms with Crippen LogP contribution in [-0.2, 0) is 6.42 Å². The minimum absolute atomic E-state index is 0.197. The average Bonchev–Trinajstić information content (AvgIpc) is 2.69. The first-order valence-electron chi connectivity index (χ1n) is 10.9. The van der Waals surface area contributed by atoms with Crippen LogP contribution in [0.15, 0.2) is 12.1 Å². The quantitative estimate of drug-likeness (QED) is 0.550. The Kier molecular flexibility index (Phi) is 6.74. The van der Waals surface area contributed by atoms with E-state index in [9.17, 15) is 4.39 Å². The fraction of sp³-hybridized carbons (Fsp3) is 0.708. The Balaban J connectivity index is 1.59. The molecule has 142 valence electrons. The van der Waals surface area contributed by atoms with Crippen LogP contribution in [0, 0.1) is 34.9 Å². The van der Waals surface area contributed by atoms with Gasteiger partial charge in [-0.15, -0.1) is 0 Å². The number of nitrogens with zero attached hydrogens (tertiary/aromatic N) is 1. The molecular weight excluding hydrogens is 321 g/mol. The van der Waals surface area contributed by atoms with Gasteiger partial charge in [-0.2, -0.15) is 5.26 Å². The fourth-order valence-corrected chi connectivity index (χ4v) is 5.72. The van der Waals surface area contributed by atoms with Crippen LogP contribution >= 0.6 is 0 Å². The third kappa shape index (κ3) is 4.13. The first-order chi connectivity index (χ1) is 12.7. The number of benzene rings is 1. The van der Waals surface area contributed by atoms with Crippen molar-refractivity contribution in [3.05, 3.63) is 34.6 Å². The number of hydrogen-bond acceptors (Lipinski definition) is 1. The van der Waals surface area contributed by atoms with Crippen molar-refractivity contribution in [3.63, 3.8) is 0 Å². The molecule has 26 heavy (non-hydrogen) atoms. The van der Waals surface area contributed by atoms with Gasteiger partial charge in [0.05, 0.1) is 5.56 Å². The molecule has 1 aromatic rings. The van der Waals surface area contributed by atoms with Crippen molar-refractivity contribution in [3.8, 4) is 6.07 Å². The summed E-state index contributed by atoms with van der Waals surface area (Å²) in [6, 6.07) is 5.70. The first-order valence-corrected chi connectivity index (χ1v) is 10.9. The molecule has 0 atom stereocenters. The van der Waals surface area contributed by atoms with Crippen molar-refractivity contribution in [2.75, 3.05) is 0 Å². The van der Waals surface area contributed by atoms with Gasteiger partial charge in [-0.25, -0.2) is 4.39 Å². The van der Waals surface area contributed by atoms with E-state index in [1.165, 1.54) is 69.8 Å². The smallest absolute Gasteiger partial charge is 0.144 e. The lowest BCUT2D eigenvalue weighted by Gasteiger charge is -2.38. The normalized spacial score (nSPS) is 29.3. The van der Waals surface area contributed by atoms with E-state index in [4.69, 9.17) is 5.26 Å². The second-order valence-corrected chi connectivity index (χ2v) is 8.64. The number of halogens is 1. The van der Waals surface area contributed by atoms with Gasteiger partial charge in [0.2, 0.25) is 0 Å². The van der Waals surface area contributed by atoms with Crippen LogP contribution in [0.3, 0.4) is 0 Å². The molecule has 0 amide bonds. The molecule has 0 saturated heterocycles. The maximum absolute atomic E-state index is 14.5. The van der Waals surface area contributed by atoms with Crippen LogP contribution in [-0.4, -0.2) is 0 Å². The van der Waals surface area contributed by atoms with Gasteiger partial charge in [-0.3, -0.25) is 0 Å². The topological polar surface area (TPSA) is 23.8 Å². The van der Waals surface area contributed by atoms with Crippen molar-refractivity contribution < 1.29 is 4.39 Å². The predicted molar refractivity (Wildman–Crippen MR) is 106 cm³/mol. The van der Waals surface area contributed by atoms with Crippen LogP contribution in [0.2, 0.25) is 0 Å². The molecule has 1 nitrogen and oxygen atoms in total. The van der Waals surface area contributed by atoms with E-state index in [-0.39, 0.29) is 11.4 Å². The van der Waals surface area contributed by atoms with E-state index in [2.05, 4.69) is 6.92 Å². The zero-order chi connectivity index (χ0) is 18.5. The molecule has 2 heteroatoms. The molecule has 0 spiro atoms. The summed E-state index contributed by atoms with van der Waals surface area (Å²) in [4.78, 5) is 0. The minimum Gasteiger partial charge on any atom is -0.205 e. The Bertz CT molecular complexity index is 628. The third-order valence-electron chi connectivity index (χ3n) is 7.22. The summed E-state index contributed by atoms with van der Waals surface area (Å²) >= 11 is 0. The molecule has 0 aliphatic heterocycles. The van der Waals surface area contributed by atoms with Gasteiger partial charge in [0.1, 0.15) is 11.9 Å². The molecule has 2 saturated carbocycles. The summed E-state index contributed by atoms with van der Waals surface area (Å²) in [6.45, 7) is 4.31. The van der Waals surface area contributed by atoms with Crippen LogP contribution in [0.5, 0.6) is 0 Å². The Labute approximate surface area is 159 Å². The molecule has 2 aliphatic rings. The molecule has 2 aliphatic carbocycles. The molecule has 3 rings (SSSR count). The van der Waals surface area contributed by atoms with Gasteiger partial charge in [0, 0.05) is 0 Å². The lowest BCUT2D eigenvalue weighted by molar-refractivity contribution is 0.156. The molecule has 0 aromatic heterocycles. The maximum atomic E-state index is 14.5. The minimum atomic E-state index is -0.274. The Hall–Kier alpha value is -1.36. The molecule has 2 fully saturated rings. The van der Waals surface area contributed by atoms with Crippen molar-refractivity contribution in [2.45, 2.75) is 90.4 Å². The van der Waals surface area contributed by atoms with Crippen molar-refractivity contribution >= 4 is 0 Å². The lowest BCUT2D eigenvalue weighted by Crippen LogP contribution is -2.25. The van der Waals surface area contributed by atoms with E-state index in [0.29, 0.717) is 12.3 Å². The summed E-state index contributed by atoms with van der Waals surface area (Å²) in [7, 11) is 0. The Morgan fingerprint density at radius 3 is 2.12 bits per heavy atom. The highest BCUT2D eigenvalue weighted by Crippen LogP contribution is 2.45.